The van der Waals surface area contributed by atoms with E-state index >= 15 is 0 Å². The molecule has 1 aliphatic heterocycles. The van der Waals surface area contributed by atoms with Gasteiger partial charge in [-0.1, -0.05) is 54.6 Å². The number of nitrogens with zero attached hydrogens (tertiary/aromatic N) is 1. The Bertz CT molecular complexity index is 1210. The van der Waals surface area contributed by atoms with E-state index in [4.69, 9.17) is 0 Å². The number of carbonyl (C=O) groups excluding carboxylic acids is 1. The van der Waals surface area contributed by atoms with Crippen molar-refractivity contribution in [1.29, 1.82) is 0 Å². The second-order valence-corrected chi connectivity index (χ2v) is 10.3. The third-order valence-electron chi connectivity index (χ3n) is 6.13. The number of halogens is 1. The number of nitrogens with one attached hydrogen (secondary N) is 1. The molecule has 0 bridgehead atoms. The maximum Gasteiger partial charge on any atom is 0.243 e. The first-order chi connectivity index (χ1) is 15.9. The third-order valence-corrected chi connectivity index (χ3v) is 8.00. The number of piperidine rings is 1. The van der Waals surface area contributed by atoms with E-state index in [9.17, 15) is 17.6 Å². The monoisotopic (exact) mass is 466 g/mol. The summed E-state index contributed by atoms with van der Waals surface area (Å²) >= 11 is 0. The van der Waals surface area contributed by atoms with E-state index in [1.807, 2.05) is 61.5 Å². The van der Waals surface area contributed by atoms with Crippen molar-refractivity contribution in [2.45, 2.75) is 30.7 Å². The number of hydrogen-bond donors (Lipinski definition) is 1. The van der Waals surface area contributed by atoms with E-state index in [1.54, 1.807) is 0 Å². The molecule has 1 aliphatic rings. The molecule has 3 aromatic carbocycles. The highest BCUT2D eigenvalue weighted by Crippen LogP contribution is 2.28. The van der Waals surface area contributed by atoms with Gasteiger partial charge in [0.15, 0.2) is 0 Å². The minimum absolute atomic E-state index is 0.0343. The molecule has 0 radical (unpaired) electrons. The van der Waals surface area contributed by atoms with Gasteiger partial charge >= 0.3 is 0 Å². The Morgan fingerprint density at radius 3 is 2.36 bits per heavy atom. The van der Waals surface area contributed by atoms with Gasteiger partial charge in [-0.3, -0.25) is 4.79 Å². The average molecular weight is 467 g/mol. The minimum atomic E-state index is -3.80. The molecule has 0 aliphatic carbocycles. The summed E-state index contributed by atoms with van der Waals surface area (Å²) in [5, 5.41) is 3.17. The molecular formula is C26H27FN2O3S. The summed E-state index contributed by atoms with van der Waals surface area (Å²) in [7, 11) is -3.80. The van der Waals surface area contributed by atoms with Crippen LogP contribution in [-0.4, -0.2) is 31.7 Å². The topological polar surface area (TPSA) is 66.5 Å². The Kier molecular flexibility index (Phi) is 6.91. The lowest BCUT2D eigenvalue weighted by atomic mass is 9.93. The molecule has 2 atom stereocenters. The van der Waals surface area contributed by atoms with E-state index in [1.165, 1.54) is 16.4 Å². The first kappa shape index (κ1) is 23.1. The van der Waals surface area contributed by atoms with Gasteiger partial charge < -0.3 is 5.32 Å². The van der Waals surface area contributed by atoms with Crippen LogP contribution in [0.15, 0.2) is 83.8 Å². The number of hydrogen-bond acceptors (Lipinski definition) is 3. The highest BCUT2D eigenvalue weighted by atomic mass is 32.2. The third kappa shape index (κ3) is 5.15. The molecule has 0 spiro atoms. The normalized spacial score (nSPS) is 17.9. The van der Waals surface area contributed by atoms with Crippen LogP contribution in [0.25, 0.3) is 0 Å². The zero-order valence-electron chi connectivity index (χ0n) is 18.4. The lowest BCUT2D eigenvalue weighted by molar-refractivity contribution is -0.126. The van der Waals surface area contributed by atoms with E-state index in [2.05, 4.69) is 5.32 Å². The van der Waals surface area contributed by atoms with Crippen molar-refractivity contribution in [2.75, 3.05) is 13.1 Å². The fourth-order valence-electron chi connectivity index (χ4n) is 4.29. The summed E-state index contributed by atoms with van der Waals surface area (Å²) in [6, 6.07) is 22.1. The van der Waals surface area contributed by atoms with Gasteiger partial charge in [-0.05, 0) is 60.7 Å². The van der Waals surface area contributed by atoms with Crippen molar-refractivity contribution >= 4 is 15.9 Å². The van der Waals surface area contributed by atoms with E-state index in [0.717, 1.165) is 28.8 Å². The molecule has 4 rings (SSSR count). The lowest BCUT2D eigenvalue weighted by Crippen LogP contribution is -2.46. The Morgan fingerprint density at radius 1 is 1.00 bits per heavy atom. The second-order valence-electron chi connectivity index (χ2n) is 8.36. The Morgan fingerprint density at radius 2 is 1.67 bits per heavy atom. The molecule has 1 heterocycles. The largest absolute Gasteiger partial charge is 0.345 e. The highest BCUT2D eigenvalue weighted by Gasteiger charge is 2.34. The van der Waals surface area contributed by atoms with Gasteiger partial charge in [0.25, 0.3) is 0 Å². The van der Waals surface area contributed by atoms with Crippen LogP contribution in [0.1, 0.15) is 35.6 Å². The molecule has 2 unspecified atom stereocenters. The van der Waals surface area contributed by atoms with E-state index in [0.29, 0.717) is 19.4 Å². The maximum absolute atomic E-state index is 13.3. The Balaban J connectivity index is 1.55. The molecule has 1 saturated heterocycles. The predicted molar refractivity (Wildman–Crippen MR) is 125 cm³/mol. The molecule has 7 heteroatoms. The molecule has 3 aromatic rings. The van der Waals surface area contributed by atoms with Crippen LogP contribution >= 0.6 is 0 Å². The standard InChI is InChI=1S/C26H27FN2O3S/c1-19-8-5-6-12-24(19)25(20-9-3-2-4-10-20)28-26(30)21-11-7-17-29(18-21)33(31,32)23-15-13-22(27)14-16-23/h2-6,8-10,12-16,21,25H,7,11,17-18H2,1H3,(H,28,30). The number of carbonyl (C=O) groups is 1. The first-order valence-corrected chi connectivity index (χ1v) is 12.5. The van der Waals surface area contributed by atoms with Gasteiger partial charge in [0.1, 0.15) is 5.82 Å². The molecule has 33 heavy (non-hydrogen) atoms. The van der Waals surface area contributed by atoms with Crippen molar-refractivity contribution in [1.82, 2.24) is 9.62 Å². The number of sulfonamides is 1. The average Bonchev–Trinajstić information content (AvgIpc) is 2.84. The molecule has 1 N–H and O–H groups in total. The molecule has 0 aromatic heterocycles. The SMILES string of the molecule is Cc1ccccc1C(NC(=O)C1CCCN(S(=O)(=O)c2ccc(F)cc2)C1)c1ccccc1. The van der Waals surface area contributed by atoms with Crippen molar-refractivity contribution in [3.63, 3.8) is 0 Å². The van der Waals surface area contributed by atoms with E-state index in [-0.39, 0.29) is 23.4 Å². The van der Waals surface area contributed by atoms with Gasteiger partial charge in [0.2, 0.25) is 15.9 Å². The molecule has 1 fully saturated rings. The fraction of sp³-hybridized carbons (Fsp3) is 0.269. The maximum atomic E-state index is 13.3. The molecule has 5 nitrogen and oxygen atoms in total. The van der Waals surface area contributed by atoms with Crippen LogP contribution in [0.2, 0.25) is 0 Å². The van der Waals surface area contributed by atoms with Crippen molar-refractivity contribution in [3.8, 4) is 0 Å². The van der Waals surface area contributed by atoms with Crippen molar-refractivity contribution in [3.05, 3.63) is 101 Å². The smallest absolute Gasteiger partial charge is 0.243 e. The van der Waals surface area contributed by atoms with Crippen LogP contribution in [0, 0.1) is 18.7 Å². The molecule has 1 amide bonds. The minimum Gasteiger partial charge on any atom is -0.345 e. The predicted octanol–water partition coefficient (Wildman–Crippen LogP) is 4.44. The van der Waals surface area contributed by atoms with Gasteiger partial charge in [-0.2, -0.15) is 4.31 Å². The van der Waals surface area contributed by atoms with Crippen LogP contribution < -0.4 is 5.32 Å². The molecular weight excluding hydrogens is 439 g/mol. The van der Waals surface area contributed by atoms with Crippen LogP contribution in [0.3, 0.4) is 0 Å². The first-order valence-electron chi connectivity index (χ1n) is 11.0. The fourth-order valence-corrected chi connectivity index (χ4v) is 5.81. The zero-order chi connectivity index (χ0) is 23.4. The van der Waals surface area contributed by atoms with Gasteiger partial charge in [-0.15, -0.1) is 0 Å². The summed E-state index contributed by atoms with van der Waals surface area (Å²) in [5.74, 6) is -1.14. The van der Waals surface area contributed by atoms with Gasteiger partial charge in [0, 0.05) is 13.1 Å². The summed E-state index contributed by atoms with van der Waals surface area (Å²) < 4.78 is 40.7. The summed E-state index contributed by atoms with van der Waals surface area (Å²) in [4.78, 5) is 13.4. The van der Waals surface area contributed by atoms with Crippen LogP contribution in [-0.2, 0) is 14.8 Å². The number of aryl methyl sites for hydroxylation is 1. The molecule has 172 valence electrons. The van der Waals surface area contributed by atoms with E-state index < -0.39 is 21.8 Å². The number of rotatable bonds is 6. The van der Waals surface area contributed by atoms with Crippen LogP contribution in [0.5, 0.6) is 0 Å². The van der Waals surface area contributed by atoms with Gasteiger partial charge in [-0.25, -0.2) is 12.8 Å². The quantitative estimate of drug-likeness (QED) is 0.584. The number of amides is 1. The summed E-state index contributed by atoms with van der Waals surface area (Å²) in [5.41, 5.74) is 3.03. The lowest BCUT2D eigenvalue weighted by Gasteiger charge is -2.32. The zero-order valence-corrected chi connectivity index (χ0v) is 19.3. The second kappa shape index (κ2) is 9.85. The van der Waals surface area contributed by atoms with Crippen LogP contribution in [0.4, 0.5) is 4.39 Å². The highest BCUT2D eigenvalue weighted by molar-refractivity contribution is 7.89. The Labute approximate surface area is 194 Å². The van der Waals surface area contributed by atoms with Crippen molar-refractivity contribution < 1.29 is 17.6 Å². The van der Waals surface area contributed by atoms with Crippen molar-refractivity contribution in [2.24, 2.45) is 5.92 Å². The van der Waals surface area contributed by atoms with Gasteiger partial charge in [0.05, 0.1) is 16.9 Å². The molecule has 0 saturated carbocycles. The number of benzene rings is 3. The summed E-state index contributed by atoms with van der Waals surface area (Å²) in [6.07, 6.45) is 1.19. The Hall–Kier alpha value is -3.03. The summed E-state index contributed by atoms with van der Waals surface area (Å²) in [6.45, 7) is 2.44.